The van der Waals surface area contributed by atoms with E-state index in [4.69, 9.17) is 21.0 Å². The number of fused-ring (bicyclic) bond motifs is 1. The molecule has 0 aliphatic carbocycles. The number of carbonyl (C=O) groups is 1. The summed E-state index contributed by atoms with van der Waals surface area (Å²) in [6.45, 7) is 1.24. The number of nitrogens with zero attached hydrogens (tertiary/aromatic N) is 2. The summed E-state index contributed by atoms with van der Waals surface area (Å²) in [4.78, 5) is 17.5. The fraction of sp³-hybridized carbons (Fsp3) is 0.300. The van der Waals surface area contributed by atoms with E-state index in [1.807, 2.05) is 36.4 Å². The third-order valence-electron chi connectivity index (χ3n) is 4.69. The zero-order chi connectivity index (χ0) is 17.9. The number of imidazole rings is 1. The Morgan fingerprint density at radius 3 is 2.81 bits per heavy atom. The van der Waals surface area contributed by atoms with Gasteiger partial charge in [-0.05, 0) is 55.7 Å². The minimum atomic E-state index is -0.160. The molecule has 4 rings (SSSR count). The molecule has 2 aromatic heterocycles. The topological polar surface area (TPSA) is 60.1 Å². The van der Waals surface area contributed by atoms with E-state index < -0.39 is 0 Å². The van der Waals surface area contributed by atoms with E-state index in [9.17, 15) is 4.79 Å². The summed E-state index contributed by atoms with van der Waals surface area (Å²) in [6.07, 6.45) is 5.80. The molecule has 5 nitrogen and oxygen atoms in total. The molecule has 1 aliphatic rings. The zero-order valence-corrected chi connectivity index (χ0v) is 15.1. The average molecular weight is 370 g/mol. The predicted octanol–water partition coefficient (Wildman–Crippen LogP) is 4.45. The van der Waals surface area contributed by atoms with E-state index in [1.54, 1.807) is 6.26 Å². The number of rotatable bonds is 4. The van der Waals surface area contributed by atoms with E-state index in [-0.39, 0.29) is 5.91 Å². The number of amides is 1. The first-order valence-corrected chi connectivity index (χ1v) is 9.26. The van der Waals surface area contributed by atoms with Crippen LogP contribution >= 0.6 is 11.6 Å². The second kappa shape index (κ2) is 7.38. The lowest BCUT2D eigenvalue weighted by Gasteiger charge is -2.09. The molecule has 1 N–H and O–H groups in total. The first kappa shape index (κ1) is 16.9. The molecule has 3 heterocycles. The Balaban J connectivity index is 1.67. The van der Waals surface area contributed by atoms with Crippen molar-refractivity contribution in [2.24, 2.45) is 0 Å². The predicted molar refractivity (Wildman–Crippen MR) is 100 cm³/mol. The lowest BCUT2D eigenvalue weighted by molar-refractivity contribution is 0.0942. The van der Waals surface area contributed by atoms with Gasteiger partial charge in [-0.2, -0.15) is 0 Å². The van der Waals surface area contributed by atoms with Crippen LogP contribution < -0.4 is 5.32 Å². The maximum absolute atomic E-state index is 12.8. The maximum Gasteiger partial charge on any atom is 0.272 e. The Hall–Kier alpha value is -2.53. The number of furan rings is 1. The normalized spacial score (nSPS) is 13.9. The van der Waals surface area contributed by atoms with Crippen molar-refractivity contribution in [3.05, 3.63) is 64.8 Å². The quantitative estimate of drug-likeness (QED) is 0.738. The van der Waals surface area contributed by atoms with Gasteiger partial charge in [-0.3, -0.25) is 4.79 Å². The monoisotopic (exact) mass is 369 g/mol. The SMILES string of the molecule is O=C(NCc1ccco1)c1nc(-c2ccc(Cl)cc2)n2c1CCCCC2. The molecule has 6 heteroatoms. The van der Waals surface area contributed by atoms with Crippen LogP contribution in [0.25, 0.3) is 11.4 Å². The summed E-state index contributed by atoms with van der Waals surface area (Å²) in [6, 6.07) is 11.3. The molecule has 0 radical (unpaired) electrons. The van der Waals surface area contributed by atoms with Crippen molar-refractivity contribution in [3.63, 3.8) is 0 Å². The van der Waals surface area contributed by atoms with E-state index in [0.29, 0.717) is 17.3 Å². The first-order valence-electron chi connectivity index (χ1n) is 8.88. The van der Waals surface area contributed by atoms with Crippen molar-refractivity contribution < 1.29 is 9.21 Å². The Morgan fingerprint density at radius 1 is 1.19 bits per heavy atom. The standard InChI is InChI=1S/C20H20ClN3O2/c21-15-9-7-14(8-10-15)19-23-18(17-6-2-1-3-11-24(17)19)20(25)22-13-16-5-4-12-26-16/h4-5,7-10,12H,1-3,6,11,13H2,(H,22,25). The van der Waals surface area contributed by atoms with Gasteiger partial charge < -0.3 is 14.3 Å². The average Bonchev–Trinajstić information content (AvgIpc) is 3.23. The third-order valence-corrected chi connectivity index (χ3v) is 4.94. The molecule has 0 atom stereocenters. The van der Waals surface area contributed by atoms with Crippen LogP contribution in [0.15, 0.2) is 47.1 Å². The summed E-state index contributed by atoms with van der Waals surface area (Å²) in [5.74, 6) is 1.40. The number of halogens is 1. The van der Waals surface area contributed by atoms with Crippen LogP contribution in [-0.4, -0.2) is 15.5 Å². The molecule has 134 valence electrons. The number of carbonyl (C=O) groups excluding carboxylic acids is 1. The molecular weight excluding hydrogens is 350 g/mol. The van der Waals surface area contributed by atoms with Crippen LogP contribution in [0.2, 0.25) is 5.02 Å². The van der Waals surface area contributed by atoms with E-state index >= 15 is 0 Å². The summed E-state index contributed by atoms with van der Waals surface area (Å²) in [5.41, 5.74) is 2.51. The fourth-order valence-electron chi connectivity index (χ4n) is 3.39. The highest BCUT2D eigenvalue weighted by Gasteiger charge is 2.24. The van der Waals surface area contributed by atoms with Crippen molar-refractivity contribution in [3.8, 4) is 11.4 Å². The Bertz CT molecular complexity index is 898. The molecule has 1 amide bonds. The van der Waals surface area contributed by atoms with Crippen molar-refractivity contribution in [2.75, 3.05) is 0 Å². The highest BCUT2D eigenvalue weighted by Crippen LogP contribution is 2.28. The van der Waals surface area contributed by atoms with Gasteiger partial charge in [0.2, 0.25) is 0 Å². The molecule has 1 aromatic carbocycles. The van der Waals surface area contributed by atoms with E-state index in [2.05, 4.69) is 9.88 Å². The maximum atomic E-state index is 12.8. The van der Waals surface area contributed by atoms with E-state index in [0.717, 1.165) is 55.1 Å². The smallest absolute Gasteiger partial charge is 0.272 e. The summed E-state index contributed by atoms with van der Waals surface area (Å²) in [5, 5.41) is 3.60. The lowest BCUT2D eigenvalue weighted by Crippen LogP contribution is -2.24. The van der Waals surface area contributed by atoms with Crippen molar-refractivity contribution in [2.45, 2.75) is 38.8 Å². The fourth-order valence-corrected chi connectivity index (χ4v) is 3.51. The van der Waals surface area contributed by atoms with Crippen LogP contribution in [0, 0.1) is 0 Å². The van der Waals surface area contributed by atoms with Gasteiger partial charge in [0.05, 0.1) is 18.5 Å². The molecule has 0 saturated heterocycles. The molecule has 0 unspecified atom stereocenters. The van der Waals surface area contributed by atoms with Crippen LogP contribution in [0.5, 0.6) is 0 Å². The van der Waals surface area contributed by atoms with Gasteiger partial charge in [-0.25, -0.2) is 4.98 Å². The molecule has 0 bridgehead atoms. The molecule has 0 spiro atoms. The van der Waals surface area contributed by atoms with E-state index in [1.165, 1.54) is 0 Å². The number of benzene rings is 1. The van der Waals surface area contributed by atoms with Crippen LogP contribution in [0.4, 0.5) is 0 Å². The largest absolute Gasteiger partial charge is 0.467 e. The van der Waals surface area contributed by atoms with Gasteiger partial charge in [-0.1, -0.05) is 18.0 Å². The van der Waals surface area contributed by atoms with Gasteiger partial charge in [0, 0.05) is 17.1 Å². The second-order valence-electron chi connectivity index (χ2n) is 6.46. The Morgan fingerprint density at radius 2 is 2.04 bits per heavy atom. The summed E-state index contributed by atoms with van der Waals surface area (Å²) < 4.78 is 7.48. The van der Waals surface area contributed by atoms with Gasteiger partial charge in [0.15, 0.2) is 0 Å². The number of hydrogen-bond donors (Lipinski definition) is 1. The Kier molecular flexibility index (Phi) is 4.80. The number of nitrogens with one attached hydrogen (secondary N) is 1. The highest BCUT2D eigenvalue weighted by atomic mass is 35.5. The summed E-state index contributed by atoms with van der Waals surface area (Å²) >= 11 is 6.01. The second-order valence-corrected chi connectivity index (χ2v) is 6.90. The minimum Gasteiger partial charge on any atom is -0.467 e. The third kappa shape index (κ3) is 3.40. The zero-order valence-electron chi connectivity index (χ0n) is 14.4. The summed E-state index contributed by atoms with van der Waals surface area (Å²) in [7, 11) is 0. The lowest BCUT2D eigenvalue weighted by atomic mass is 10.1. The van der Waals surface area contributed by atoms with Crippen molar-refractivity contribution >= 4 is 17.5 Å². The van der Waals surface area contributed by atoms with Gasteiger partial charge in [0.25, 0.3) is 5.91 Å². The first-order chi connectivity index (χ1) is 12.7. The number of aromatic nitrogens is 2. The molecule has 3 aromatic rings. The minimum absolute atomic E-state index is 0.160. The van der Waals surface area contributed by atoms with Crippen LogP contribution in [0.3, 0.4) is 0 Å². The van der Waals surface area contributed by atoms with Gasteiger partial charge >= 0.3 is 0 Å². The van der Waals surface area contributed by atoms with Crippen LogP contribution in [0.1, 0.15) is 41.2 Å². The van der Waals surface area contributed by atoms with Crippen LogP contribution in [-0.2, 0) is 19.5 Å². The molecule has 1 aliphatic heterocycles. The highest BCUT2D eigenvalue weighted by molar-refractivity contribution is 6.30. The number of hydrogen-bond acceptors (Lipinski definition) is 3. The molecule has 26 heavy (non-hydrogen) atoms. The molecule has 0 saturated carbocycles. The van der Waals surface area contributed by atoms with Crippen molar-refractivity contribution in [1.82, 2.24) is 14.9 Å². The Labute approximate surface area is 157 Å². The van der Waals surface area contributed by atoms with Gasteiger partial charge in [-0.15, -0.1) is 0 Å². The molecule has 0 fully saturated rings. The molecular formula is C20H20ClN3O2. The van der Waals surface area contributed by atoms with Gasteiger partial charge in [0.1, 0.15) is 17.3 Å². The van der Waals surface area contributed by atoms with Crippen molar-refractivity contribution in [1.29, 1.82) is 0 Å².